The minimum atomic E-state index is -1.01. The second-order valence-corrected chi connectivity index (χ2v) is 9.86. The number of fused-ring (bicyclic) bond motifs is 1. The van der Waals surface area contributed by atoms with Gasteiger partial charge in [-0.25, -0.2) is 19.7 Å². The van der Waals surface area contributed by atoms with E-state index in [1.807, 2.05) is 68.4 Å². The summed E-state index contributed by atoms with van der Waals surface area (Å²) >= 11 is 1.30. The normalized spacial score (nSPS) is 11.7. The van der Waals surface area contributed by atoms with Gasteiger partial charge < -0.3 is 10.4 Å². The number of carbonyl (C=O) groups is 2. The van der Waals surface area contributed by atoms with Gasteiger partial charge in [-0.1, -0.05) is 72.4 Å². The predicted molar refractivity (Wildman–Crippen MR) is 149 cm³/mol. The average molecular weight is 521 g/mol. The summed E-state index contributed by atoms with van der Waals surface area (Å²) in [5.41, 5.74) is 5.23. The summed E-state index contributed by atoms with van der Waals surface area (Å²) in [4.78, 5) is 38.9. The Labute approximate surface area is 224 Å². The second kappa shape index (κ2) is 10.8. The van der Waals surface area contributed by atoms with E-state index in [1.54, 1.807) is 36.4 Å². The molecule has 0 radical (unpaired) electrons. The molecule has 2 aromatic heterocycles. The van der Waals surface area contributed by atoms with Gasteiger partial charge in [-0.05, 0) is 49.7 Å². The number of hydrogen-bond donors (Lipinski definition) is 2. The van der Waals surface area contributed by atoms with E-state index in [0.717, 1.165) is 22.5 Å². The Bertz CT molecular complexity index is 1620. The summed E-state index contributed by atoms with van der Waals surface area (Å²) in [6.45, 7) is 3.81. The number of carboxylic acids is 1. The number of para-hydroxylation sites is 1. The van der Waals surface area contributed by atoms with Crippen molar-refractivity contribution in [2.45, 2.75) is 24.3 Å². The van der Waals surface area contributed by atoms with Crippen molar-refractivity contribution in [3.63, 3.8) is 0 Å². The van der Waals surface area contributed by atoms with E-state index in [4.69, 9.17) is 0 Å². The highest BCUT2D eigenvalue weighted by atomic mass is 32.2. The van der Waals surface area contributed by atoms with E-state index in [9.17, 15) is 14.7 Å². The molecule has 1 atom stereocenters. The van der Waals surface area contributed by atoms with Crippen LogP contribution in [0.25, 0.3) is 22.2 Å². The summed E-state index contributed by atoms with van der Waals surface area (Å²) in [5.74, 6) is -1.21. The zero-order valence-electron chi connectivity index (χ0n) is 20.8. The van der Waals surface area contributed by atoms with Gasteiger partial charge in [0.05, 0.1) is 16.8 Å². The molecule has 0 spiro atoms. The van der Waals surface area contributed by atoms with Gasteiger partial charge in [-0.3, -0.25) is 4.79 Å². The van der Waals surface area contributed by atoms with Crippen LogP contribution in [-0.2, 0) is 4.79 Å². The Hall–Kier alpha value is -4.56. The topological polar surface area (TPSA) is 105 Å². The second-order valence-electron chi connectivity index (χ2n) is 8.79. The van der Waals surface area contributed by atoms with Crippen molar-refractivity contribution in [1.82, 2.24) is 15.0 Å². The third-order valence-corrected chi connectivity index (χ3v) is 7.04. The van der Waals surface area contributed by atoms with Crippen LogP contribution in [0.2, 0.25) is 0 Å². The van der Waals surface area contributed by atoms with Crippen molar-refractivity contribution in [1.29, 1.82) is 0 Å². The zero-order valence-corrected chi connectivity index (χ0v) is 21.6. The molecule has 7 nitrogen and oxygen atoms in total. The van der Waals surface area contributed by atoms with E-state index < -0.39 is 11.2 Å². The van der Waals surface area contributed by atoms with Crippen molar-refractivity contribution in [3.8, 4) is 11.3 Å². The smallest absolute Gasteiger partial charge is 0.336 e. The van der Waals surface area contributed by atoms with Gasteiger partial charge in [-0.15, -0.1) is 0 Å². The molecule has 8 heteroatoms. The maximum Gasteiger partial charge on any atom is 0.336 e. The lowest BCUT2D eigenvalue weighted by Crippen LogP contribution is -2.19. The highest BCUT2D eigenvalue weighted by Gasteiger charge is 2.24. The van der Waals surface area contributed by atoms with E-state index in [1.165, 1.54) is 11.8 Å². The molecule has 0 saturated heterocycles. The van der Waals surface area contributed by atoms with Gasteiger partial charge in [0, 0.05) is 28.0 Å². The number of aromatic nitrogens is 3. The number of aryl methyl sites for hydroxylation is 2. The van der Waals surface area contributed by atoms with Crippen molar-refractivity contribution in [3.05, 3.63) is 114 Å². The number of anilines is 1. The molecule has 1 unspecified atom stereocenters. The van der Waals surface area contributed by atoms with Crippen LogP contribution in [0.3, 0.4) is 0 Å². The van der Waals surface area contributed by atoms with E-state index in [-0.39, 0.29) is 11.5 Å². The number of carbonyl (C=O) groups excluding carboxylic acids is 1. The molecule has 5 rings (SSSR count). The van der Waals surface area contributed by atoms with Crippen LogP contribution in [0.15, 0.2) is 96.2 Å². The molecule has 5 aromatic rings. The lowest BCUT2D eigenvalue weighted by molar-refractivity contribution is -0.115. The van der Waals surface area contributed by atoms with Gasteiger partial charge in [0.15, 0.2) is 5.16 Å². The number of nitrogens with zero attached hydrogens (tertiary/aromatic N) is 3. The number of rotatable bonds is 7. The Morgan fingerprint density at radius 1 is 0.816 bits per heavy atom. The molecule has 0 aliphatic rings. The number of pyridine rings is 1. The maximum atomic E-state index is 13.4. The fourth-order valence-electron chi connectivity index (χ4n) is 4.18. The summed E-state index contributed by atoms with van der Waals surface area (Å²) in [7, 11) is 0. The van der Waals surface area contributed by atoms with Gasteiger partial charge >= 0.3 is 5.97 Å². The summed E-state index contributed by atoms with van der Waals surface area (Å²) < 4.78 is 0. The van der Waals surface area contributed by atoms with Crippen LogP contribution in [0.4, 0.5) is 5.69 Å². The number of carboxylic acid groups (broad SMARTS) is 1. The van der Waals surface area contributed by atoms with Gasteiger partial charge in [0.25, 0.3) is 0 Å². The Kier molecular flexibility index (Phi) is 7.15. The molecule has 2 N–H and O–H groups in total. The van der Waals surface area contributed by atoms with Crippen molar-refractivity contribution in [2.75, 3.05) is 5.32 Å². The lowest BCUT2D eigenvalue weighted by Gasteiger charge is -2.17. The SMILES string of the molecule is Cc1cc(C)nc(SC(C(=O)Nc2ccc(-c3cc(C(=O)O)c4ccccc4n3)cc2)c2ccccc2)n1. The zero-order chi connectivity index (χ0) is 26.6. The predicted octanol–water partition coefficient (Wildman–Crippen LogP) is 6.48. The number of benzene rings is 3. The first kappa shape index (κ1) is 25.1. The molecular formula is C30H24N4O3S. The van der Waals surface area contributed by atoms with Crippen LogP contribution in [0.5, 0.6) is 0 Å². The molecule has 1 amide bonds. The fourth-order valence-corrected chi connectivity index (χ4v) is 5.25. The standard InChI is InChI=1S/C30H24N4O3S/c1-18-16-19(2)32-30(31-18)38-27(21-8-4-3-5-9-21)28(35)33-22-14-12-20(13-15-22)26-17-24(29(36)37)23-10-6-7-11-25(23)34-26/h3-17,27H,1-2H3,(H,33,35)(H,36,37). The van der Waals surface area contributed by atoms with E-state index in [2.05, 4.69) is 20.3 Å². The van der Waals surface area contributed by atoms with Gasteiger partial charge in [-0.2, -0.15) is 0 Å². The molecule has 0 aliphatic heterocycles. The Morgan fingerprint density at radius 2 is 1.47 bits per heavy atom. The lowest BCUT2D eigenvalue weighted by atomic mass is 10.0. The number of amides is 1. The van der Waals surface area contributed by atoms with Crippen LogP contribution < -0.4 is 5.32 Å². The van der Waals surface area contributed by atoms with E-state index in [0.29, 0.717) is 27.4 Å². The summed E-state index contributed by atoms with van der Waals surface area (Å²) in [6.07, 6.45) is 0. The molecule has 0 fully saturated rings. The average Bonchev–Trinajstić information content (AvgIpc) is 2.91. The van der Waals surface area contributed by atoms with Crippen molar-refractivity contribution >= 4 is 40.2 Å². The first-order valence-electron chi connectivity index (χ1n) is 12.0. The van der Waals surface area contributed by atoms with Gasteiger partial charge in [0.1, 0.15) is 5.25 Å². The molecular weight excluding hydrogens is 496 g/mol. The van der Waals surface area contributed by atoms with Crippen molar-refractivity contribution < 1.29 is 14.7 Å². The number of thioether (sulfide) groups is 1. The van der Waals surface area contributed by atoms with Crippen LogP contribution >= 0.6 is 11.8 Å². The van der Waals surface area contributed by atoms with Crippen LogP contribution in [0, 0.1) is 13.8 Å². The molecule has 38 heavy (non-hydrogen) atoms. The number of aromatic carboxylic acids is 1. The maximum absolute atomic E-state index is 13.4. The summed E-state index contributed by atoms with van der Waals surface area (Å²) in [5, 5.41) is 13.3. The first-order valence-corrected chi connectivity index (χ1v) is 12.8. The van der Waals surface area contributed by atoms with Crippen LogP contribution in [0.1, 0.15) is 32.6 Å². The molecule has 0 saturated carbocycles. The van der Waals surface area contributed by atoms with Gasteiger partial charge in [0.2, 0.25) is 5.91 Å². The molecule has 0 aliphatic carbocycles. The molecule has 3 aromatic carbocycles. The van der Waals surface area contributed by atoms with Crippen molar-refractivity contribution in [2.24, 2.45) is 0 Å². The molecule has 2 heterocycles. The minimum Gasteiger partial charge on any atom is -0.478 e. The monoisotopic (exact) mass is 520 g/mol. The molecule has 0 bridgehead atoms. The number of nitrogens with one attached hydrogen (secondary N) is 1. The largest absolute Gasteiger partial charge is 0.478 e. The quantitative estimate of drug-likeness (QED) is 0.187. The number of hydrogen-bond acceptors (Lipinski definition) is 6. The highest BCUT2D eigenvalue weighted by molar-refractivity contribution is 8.00. The fraction of sp³-hybridized carbons (Fsp3) is 0.100. The third-order valence-electron chi connectivity index (χ3n) is 5.92. The van der Waals surface area contributed by atoms with Crippen LogP contribution in [-0.4, -0.2) is 31.9 Å². The first-order chi connectivity index (χ1) is 18.4. The Morgan fingerprint density at radius 3 is 2.16 bits per heavy atom. The highest BCUT2D eigenvalue weighted by Crippen LogP contribution is 2.35. The molecule has 188 valence electrons. The Balaban J connectivity index is 1.40. The summed E-state index contributed by atoms with van der Waals surface area (Å²) in [6, 6.07) is 27.4. The third kappa shape index (κ3) is 5.55. The van der Waals surface area contributed by atoms with E-state index >= 15 is 0 Å². The minimum absolute atomic E-state index is 0.194.